The minimum Gasteiger partial charge on any atom is -0.470 e. The van der Waals surface area contributed by atoms with Crippen LogP contribution >= 0.6 is 11.3 Å². The molecule has 1 aromatic carbocycles. The second kappa shape index (κ2) is 8.36. The van der Waals surface area contributed by atoms with Gasteiger partial charge in [0.25, 0.3) is 0 Å². The van der Waals surface area contributed by atoms with Crippen LogP contribution in [0.25, 0.3) is 22.4 Å². The summed E-state index contributed by atoms with van der Waals surface area (Å²) < 4.78 is 7.48. The van der Waals surface area contributed by atoms with Gasteiger partial charge in [-0.25, -0.2) is 9.67 Å². The highest BCUT2D eigenvalue weighted by atomic mass is 32.1. The number of fused-ring (bicyclic) bond motifs is 1. The van der Waals surface area contributed by atoms with Crippen LogP contribution in [0.15, 0.2) is 41.2 Å². The number of hydrogen-bond donors (Lipinski definition) is 0. The third kappa shape index (κ3) is 4.11. The number of Topliss-reactive ketones (excluding diaryl/α,β-unsaturated/α-hetero) is 1. The fraction of sp³-hybridized carbons (Fsp3) is 0.304. The maximum absolute atomic E-state index is 12.5. The lowest BCUT2D eigenvalue weighted by Crippen LogP contribution is -2.14. The molecular formula is C23H24N4O2S. The van der Waals surface area contributed by atoms with E-state index in [1.807, 2.05) is 25.4 Å². The molecule has 0 radical (unpaired) electrons. The number of carbonyl (C=O) groups is 1. The van der Waals surface area contributed by atoms with Crippen LogP contribution in [0.2, 0.25) is 0 Å². The van der Waals surface area contributed by atoms with E-state index < -0.39 is 0 Å². The zero-order valence-corrected chi connectivity index (χ0v) is 18.4. The van der Waals surface area contributed by atoms with Crippen LogP contribution in [0.1, 0.15) is 36.0 Å². The van der Waals surface area contributed by atoms with E-state index in [-0.39, 0.29) is 18.3 Å². The summed E-state index contributed by atoms with van der Waals surface area (Å²) in [5.74, 6) is 0.636. The van der Waals surface area contributed by atoms with Crippen LogP contribution in [0.3, 0.4) is 0 Å². The van der Waals surface area contributed by atoms with E-state index in [9.17, 15) is 4.79 Å². The molecule has 0 spiro atoms. The van der Waals surface area contributed by atoms with Crippen molar-refractivity contribution in [3.05, 3.63) is 57.9 Å². The number of hydrogen-bond acceptors (Lipinski definition) is 6. The van der Waals surface area contributed by atoms with Gasteiger partial charge in [0.05, 0.1) is 10.9 Å². The average Bonchev–Trinajstić information content (AvgIpc) is 3.35. The molecule has 3 heterocycles. The Morgan fingerprint density at radius 2 is 2.00 bits per heavy atom. The lowest BCUT2D eigenvalue weighted by Gasteiger charge is -2.12. The third-order valence-electron chi connectivity index (χ3n) is 5.20. The number of carbonyl (C=O) groups excluding carboxylic acids is 1. The molecule has 0 aliphatic carbocycles. The number of benzene rings is 1. The molecule has 0 amide bonds. The number of pyridine rings is 1. The van der Waals surface area contributed by atoms with E-state index in [0.717, 1.165) is 27.9 Å². The fourth-order valence-electron chi connectivity index (χ4n) is 3.55. The Hall–Kier alpha value is -3.06. The van der Waals surface area contributed by atoms with Gasteiger partial charge < -0.3 is 4.74 Å². The first-order valence-corrected chi connectivity index (χ1v) is 10.8. The highest BCUT2D eigenvalue weighted by molar-refractivity contribution is 7.07. The summed E-state index contributed by atoms with van der Waals surface area (Å²) in [6.45, 7) is 6.12. The van der Waals surface area contributed by atoms with Crippen molar-refractivity contribution in [2.24, 2.45) is 7.05 Å². The molecule has 0 aliphatic heterocycles. The van der Waals surface area contributed by atoms with Crippen molar-refractivity contribution in [1.29, 1.82) is 0 Å². The van der Waals surface area contributed by atoms with Crippen molar-refractivity contribution in [1.82, 2.24) is 19.7 Å². The van der Waals surface area contributed by atoms with E-state index >= 15 is 0 Å². The Morgan fingerprint density at radius 1 is 1.23 bits per heavy atom. The molecule has 4 aromatic rings. The lowest BCUT2D eigenvalue weighted by atomic mass is 9.95. The van der Waals surface area contributed by atoms with E-state index in [4.69, 9.17) is 4.74 Å². The van der Waals surface area contributed by atoms with E-state index in [2.05, 4.69) is 53.2 Å². The van der Waals surface area contributed by atoms with Gasteiger partial charge in [-0.1, -0.05) is 36.8 Å². The van der Waals surface area contributed by atoms with Gasteiger partial charge in [-0.15, -0.1) is 11.3 Å². The quantitative estimate of drug-likeness (QED) is 0.427. The number of ketones is 1. The Balaban J connectivity index is 1.47. The van der Waals surface area contributed by atoms with Crippen LogP contribution in [-0.2, 0) is 11.8 Å². The zero-order valence-electron chi connectivity index (χ0n) is 17.5. The summed E-state index contributed by atoms with van der Waals surface area (Å²) >= 11 is 1.53. The molecule has 0 unspecified atom stereocenters. The standard InChI is InChI=1S/C23H24N4O2S/c1-14-5-7-17(8-6-14)15(2)9-18(28)11-29-20-10-16(3)21-22(19-12-30-13-24-19)26-27(4)23(21)25-20/h5-8,10,12-13,15H,9,11H2,1-4H3/t15-/m1/s1. The highest BCUT2D eigenvalue weighted by Crippen LogP contribution is 2.31. The molecule has 30 heavy (non-hydrogen) atoms. The van der Waals surface area contributed by atoms with Crippen LogP contribution in [0, 0.1) is 13.8 Å². The summed E-state index contributed by atoms with van der Waals surface area (Å²) in [6.07, 6.45) is 0.434. The fourth-order valence-corrected chi connectivity index (χ4v) is 4.09. The summed E-state index contributed by atoms with van der Waals surface area (Å²) in [4.78, 5) is 21.4. The SMILES string of the molecule is Cc1ccc([C@H](C)CC(=O)COc2cc(C)c3c(-c4cscn4)nn(C)c3n2)cc1. The summed E-state index contributed by atoms with van der Waals surface area (Å²) in [5, 5.41) is 7.51. The predicted molar refractivity (Wildman–Crippen MR) is 119 cm³/mol. The number of rotatable bonds is 7. The maximum atomic E-state index is 12.5. The number of aromatic nitrogens is 4. The molecule has 0 bridgehead atoms. The third-order valence-corrected chi connectivity index (χ3v) is 5.79. The van der Waals surface area contributed by atoms with Crippen molar-refractivity contribution in [3.8, 4) is 17.3 Å². The van der Waals surface area contributed by atoms with E-state index in [1.165, 1.54) is 16.9 Å². The van der Waals surface area contributed by atoms with Gasteiger partial charge in [0.2, 0.25) is 5.88 Å². The predicted octanol–water partition coefficient (Wildman–Crippen LogP) is 4.85. The molecule has 0 saturated heterocycles. The number of thiazole rings is 1. The summed E-state index contributed by atoms with van der Waals surface area (Å²) in [6, 6.07) is 10.2. The van der Waals surface area contributed by atoms with Crippen molar-refractivity contribution in [2.75, 3.05) is 6.61 Å². The van der Waals surface area contributed by atoms with Gasteiger partial charge in [-0.05, 0) is 30.9 Å². The molecule has 6 nitrogen and oxygen atoms in total. The first-order chi connectivity index (χ1) is 14.4. The van der Waals surface area contributed by atoms with Crippen molar-refractivity contribution >= 4 is 28.2 Å². The molecular weight excluding hydrogens is 396 g/mol. The average molecular weight is 421 g/mol. The van der Waals surface area contributed by atoms with E-state index in [1.54, 1.807) is 10.2 Å². The van der Waals surface area contributed by atoms with Gasteiger partial charge in [-0.2, -0.15) is 10.1 Å². The largest absolute Gasteiger partial charge is 0.470 e. The molecule has 7 heteroatoms. The van der Waals surface area contributed by atoms with Crippen molar-refractivity contribution < 1.29 is 9.53 Å². The minimum absolute atomic E-state index is 0.00490. The topological polar surface area (TPSA) is 69.9 Å². The van der Waals surface area contributed by atoms with Crippen LogP contribution in [0.4, 0.5) is 0 Å². The molecule has 0 saturated carbocycles. The van der Waals surface area contributed by atoms with Crippen molar-refractivity contribution in [2.45, 2.75) is 33.1 Å². The zero-order chi connectivity index (χ0) is 21.3. The van der Waals surface area contributed by atoms with Gasteiger partial charge >= 0.3 is 0 Å². The monoisotopic (exact) mass is 420 g/mol. The van der Waals surface area contributed by atoms with Gasteiger partial charge in [-0.3, -0.25) is 4.79 Å². The molecule has 3 aromatic heterocycles. The van der Waals surface area contributed by atoms with Crippen LogP contribution in [-0.4, -0.2) is 32.1 Å². The molecule has 4 rings (SSSR count). The summed E-state index contributed by atoms with van der Waals surface area (Å²) in [5.41, 5.74) is 7.52. The molecule has 0 fully saturated rings. The Labute approximate surface area is 179 Å². The Bertz CT molecular complexity index is 1180. The summed E-state index contributed by atoms with van der Waals surface area (Å²) in [7, 11) is 1.85. The normalized spacial score (nSPS) is 12.3. The lowest BCUT2D eigenvalue weighted by molar-refractivity contribution is -0.121. The maximum Gasteiger partial charge on any atom is 0.215 e. The van der Waals surface area contributed by atoms with Crippen molar-refractivity contribution in [3.63, 3.8) is 0 Å². The molecule has 0 aliphatic rings. The van der Waals surface area contributed by atoms with Gasteiger partial charge in [0.15, 0.2) is 11.4 Å². The second-order valence-electron chi connectivity index (χ2n) is 7.67. The number of nitrogens with zero attached hydrogens (tertiary/aromatic N) is 4. The molecule has 1 atom stereocenters. The smallest absolute Gasteiger partial charge is 0.215 e. The first kappa shape index (κ1) is 20.2. The first-order valence-electron chi connectivity index (χ1n) is 9.86. The Kier molecular flexibility index (Phi) is 5.63. The van der Waals surface area contributed by atoms with E-state index in [0.29, 0.717) is 17.9 Å². The highest BCUT2D eigenvalue weighted by Gasteiger charge is 2.18. The second-order valence-corrected chi connectivity index (χ2v) is 8.38. The number of ether oxygens (including phenoxy) is 1. The van der Waals surface area contributed by atoms with Crippen LogP contribution < -0.4 is 4.74 Å². The Morgan fingerprint density at radius 3 is 2.70 bits per heavy atom. The van der Waals surface area contributed by atoms with Gasteiger partial charge in [0, 0.05) is 24.9 Å². The number of aryl methyl sites for hydroxylation is 3. The van der Waals surface area contributed by atoms with Gasteiger partial charge in [0.1, 0.15) is 18.0 Å². The minimum atomic E-state index is 0.00490. The van der Waals surface area contributed by atoms with Crippen LogP contribution in [0.5, 0.6) is 5.88 Å². The molecule has 0 N–H and O–H groups in total. The molecule has 154 valence electrons.